The third kappa shape index (κ3) is 4.23. The number of carbonyl (C=O) groups is 1. The first kappa shape index (κ1) is 22.3. The van der Waals surface area contributed by atoms with Crippen LogP contribution in [0.4, 0.5) is 4.39 Å². The third-order valence-electron chi connectivity index (χ3n) is 6.37. The summed E-state index contributed by atoms with van der Waals surface area (Å²) in [7, 11) is 3.28. The SMILES string of the molecule is COCCn1cc(C(=O)N2CCC(c3cc(CN)ccc3F)CC2)c2c(OC)cccc21. The molecular formula is C25H30FN3O3. The van der Waals surface area contributed by atoms with Crippen LogP contribution in [0.3, 0.4) is 0 Å². The van der Waals surface area contributed by atoms with Gasteiger partial charge in [-0.25, -0.2) is 4.39 Å². The highest BCUT2D eigenvalue weighted by atomic mass is 19.1. The Morgan fingerprint density at radius 3 is 2.66 bits per heavy atom. The molecule has 2 aromatic carbocycles. The predicted molar refractivity (Wildman–Crippen MR) is 123 cm³/mol. The maximum atomic E-state index is 14.4. The number of nitrogens with two attached hydrogens (primary N) is 1. The average Bonchev–Trinajstić information content (AvgIpc) is 3.21. The number of amides is 1. The van der Waals surface area contributed by atoms with Crippen molar-refractivity contribution in [1.29, 1.82) is 0 Å². The molecule has 2 N–H and O–H groups in total. The van der Waals surface area contributed by atoms with E-state index in [2.05, 4.69) is 0 Å². The van der Waals surface area contributed by atoms with Crippen LogP contribution in [0.5, 0.6) is 5.75 Å². The summed E-state index contributed by atoms with van der Waals surface area (Å²) in [6.07, 6.45) is 3.33. The van der Waals surface area contributed by atoms with Crippen LogP contribution in [0.15, 0.2) is 42.6 Å². The topological polar surface area (TPSA) is 69.7 Å². The van der Waals surface area contributed by atoms with Gasteiger partial charge in [-0.15, -0.1) is 0 Å². The summed E-state index contributed by atoms with van der Waals surface area (Å²) < 4.78 is 27.3. The van der Waals surface area contributed by atoms with Crippen molar-refractivity contribution in [3.63, 3.8) is 0 Å². The number of fused-ring (bicyclic) bond motifs is 1. The molecule has 3 aromatic rings. The molecule has 32 heavy (non-hydrogen) atoms. The van der Waals surface area contributed by atoms with E-state index in [-0.39, 0.29) is 17.6 Å². The molecule has 2 heterocycles. The van der Waals surface area contributed by atoms with Crippen LogP contribution in [0.25, 0.3) is 10.9 Å². The molecule has 0 atom stereocenters. The molecule has 0 unspecified atom stereocenters. The molecule has 170 valence electrons. The van der Waals surface area contributed by atoms with Crippen LogP contribution in [0.1, 0.15) is 40.2 Å². The number of methoxy groups -OCH3 is 2. The molecule has 1 aliphatic rings. The maximum absolute atomic E-state index is 14.4. The first-order valence-corrected chi connectivity index (χ1v) is 11.0. The van der Waals surface area contributed by atoms with E-state index >= 15 is 0 Å². The zero-order chi connectivity index (χ0) is 22.7. The quantitative estimate of drug-likeness (QED) is 0.606. The van der Waals surface area contributed by atoms with Gasteiger partial charge < -0.3 is 24.7 Å². The van der Waals surface area contributed by atoms with Gasteiger partial charge in [0, 0.05) is 39.5 Å². The minimum Gasteiger partial charge on any atom is -0.496 e. The van der Waals surface area contributed by atoms with Gasteiger partial charge in [0.1, 0.15) is 11.6 Å². The molecule has 4 rings (SSSR count). The van der Waals surface area contributed by atoms with Crippen molar-refractivity contribution < 1.29 is 18.7 Å². The van der Waals surface area contributed by atoms with Crippen LogP contribution in [-0.2, 0) is 17.8 Å². The molecular weight excluding hydrogens is 409 g/mol. The molecule has 0 bridgehead atoms. The number of rotatable bonds is 7. The Bertz CT molecular complexity index is 1100. The number of halogens is 1. The van der Waals surface area contributed by atoms with Gasteiger partial charge in [-0.1, -0.05) is 18.2 Å². The second-order valence-corrected chi connectivity index (χ2v) is 8.21. The standard InChI is InChI=1S/C25H30FN3O3/c1-31-13-12-29-16-20(24-22(29)4-3-5-23(24)32-2)25(30)28-10-8-18(9-11-28)19-14-17(15-27)6-7-21(19)26/h3-7,14,16,18H,8-13,15,27H2,1-2H3. The molecule has 1 amide bonds. The van der Waals surface area contributed by atoms with Crippen LogP contribution in [-0.4, -0.2) is 49.3 Å². The summed E-state index contributed by atoms with van der Waals surface area (Å²) >= 11 is 0. The van der Waals surface area contributed by atoms with Gasteiger partial charge in [0.05, 0.1) is 30.2 Å². The zero-order valence-corrected chi connectivity index (χ0v) is 18.6. The molecule has 6 nitrogen and oxygen atoms in total. The number of aromatic nitrogens is 1. The Balaban J connectivity index is 1.57. The molecule has 0 spiro atoms. The second kappa shape index (κ2) is 9.71. The number of hydrogen-bond acceptors (Lipinski definition) is 4. The molecule has 7 heteroatoms. The Kier molecular flexibility index (Phi) is 6.77. The Morgan fingerprint density at radius 1 is 1.19 bits per heavy atom. The van der Waals surface area contributed by atoms with Gasteiger partial charge in [-0.2, -0.15) is 0 Å². The highest BCUT2D eigenvalue weighted by Gasteiger charge is 2.29. The summed E-state index contributed by atoms with van der Waals surface area (Å²) in [5, 5.41) is 0.819. The molecule has 1 aliphatic heterocycles. The monoisotopic (exact) mass is 439 g/mol. The van der Waals surface area contributed by atoms with E-state index in [9.17, 15) is 9.18 Å². The van der Waals surface area contributed by atoms with Crippen molar-refractivity contribution in [3.05, 3.63) is 65.1 Å². The summed E-state index contributed by atoms with van der Waals surface area (Å²) in [5.74, 6) is 0.545. The highest BCUT2D eigenvalue weighted by molar-refractivity contribution is 6.09. The Morgan fingerprint density at radius 2 is 1.97 bits per heavy atom. The molecule has 0 saturated carbocycles. The normalized spacial score (nSPS) is 14.8. The van der Waals surface area contributed by atoms with Crippen LogP contribution in [0.2, 0.25) is 0 Å². The Labute approximate surface area is 187 Å². The van der Waals surface area contributed by atoms with Gasteiger partial charge in [-0.05, 0) is 48.1 Å². The van der Waals surface area contributed by atoms with Gasteiger partial charge >= 0.3 is 0 Å². The lowest BCUT2D eigenvalue weighted by Crippen LogP contribution is -2.38. The minimum atomic E-state index is -0.196. The van der Waals surface area contributed by atoms with E-state index < -0.39 is 0 Å². The predicted octanol–water partition coefficient (Wildman–Crippen LogP) is 3.91. The van der Waals surface area contributed by atoms with Crippen LogP contribution >= 0.6 is 0 Å². The molecule has 0 aliphatic carbocycles. The van der Waals surface area contributed by atoms with Crippen molar-refractivity contribution in [2.24, 2.45) is 5.73 Å². The number of benzene rings is 2. The molecule has 0 radical (unpaired) electrons. The summed E-state index contributed by atoms with van der Waals surface area (Å²) in [5.41, 5.74) is 8.94. The number of hydrogen-bond donors (Lipinski definition) is 1. The van der Waals surface area contributed by atoms with Gasteiger partial charge in [-0.3, -0.25) is 4.79 Å². The Hall–Kier alpha value is -2.90. The smallest absolute Gasteiger partial charge is 0.256 e. The third-order valence-corrected chi connectivity index (χ3v) is 6.37. The second-order valence-electron chi connectivity index (χ2n) is 8.21. The van der Waals surface area contributed by atoms with Crippen molar-refractivity contribution in [2.75, 3.05) is 33.9 Å². The minimum absolute atomic E-state index is 0.0229. The number of carbonyl (C=O) groups excluding carboxylic acids is 1. The lowest BCUT2D eigenvalue weighted by molar-refractivity contribution is 0.0713. The fraction of sp³-hybridized carbons (Fsp3) is 0.400. The first-order valence-electron chi connectivity index (χ1n) is 11.0. The van der Waals surface area contributed by atoms with Crippen LogP contribution < -0.4 is 10.5 Å². The fourth-order valence-electron chi connectivity index (χ4n) is 4.62. The highest BCUT2D eigenvalue weighted by Crippen LogP contribution is 2.34. The van der Waals surface area contributed by atoms with Gasteiger partial charge in [0.15, 0.2) is 0 Å². The fourth-order valence-corrected chi connectivity index (χ4v) is 4.62. The van der Waals surface area contributed by atoms with Crippen molar-refractivity contribution in [2.45, 2.75) is 31.8 Å². The molecule has 1 saturated heterocycles. The van der Waals surface area contributed by atoms with Gasteiger partial charge in [0.2, 0.25) is 0 Å². The largest absolute Gasteiger partial charge is 0.496 e. The van der Waals surface area contributed by atoms with E-state index in [1.807, 2.05) is 39.9 Å². The number of ether oxygens (including phenoxy) is 2. The first-order chi connectivity index (χ1) is 15.6. The number of nitrogens with zero attached hydrogens (tertiary/aromatic N) is 2. The van der Waals surface area contributed by atoms with E-state index in [0.717, 1.165) is 29.3 Å². The summed E-state index contributed by atoms with van der Waals surface area (Å²) in [6.45, 7) is 2.74. The average molecular weight is 440 g/mol. The van der Waals surface area contributed by atoms with E-state index in [1.165, 1.54) is 6.07 Å². The number of piperidine rings is 1. The zero-order valence-electron chi connectivity index (χ0n) is 18.6. The summed E-state index contributed by atoms with van der Waals surface area (Å²) in [6, 6.07) is 10.9. The van der Waals surface area contributed by atoms with Crippen molar-refractivity contribution in [3.8, 4) is 5.75 Å². The van der Waals surface area contributed by atoms with Gasteiger partial charge in [0.25, 0.3) is 5.91 Å². The van der Waals surface area contributed by atoms with E-state index in [0.29, 0.717) is 49.7 Å². The molecule has 1 aromatic heterocycles. The molecule has 1 fully saturated rings. The van der Waals surface area contributed by atoms with Crippen molar-refractivity contribution >= 4 is 16.8 Å². The van der Waals surface area contributed by atoms with E-state index in [4.69, 9.17) is 15.2 Å². The lowest BCUT2D eigenvalue weighted by atomic mass is 9.88. The van der Waals surface area contributed by atoms with E-state index in [1.54, 1.807) is 20.3 Å². The van der Waals surface area contributed by atoms with Crippen molar-refractivity contribution in [1.82, 2.24) is 9.47 Å². The number of likely N-dealkylation sites (tertiary alicyclic amines) is 1. The maximum Gasteiger partial charge on any atom is 0.256 e. The summed E-state index contributed by atoms with van der Waals surface area (Å²) in [4.78, 5) is 15.4. The van der Waals surface area contributed by atoms with Crippen LogP contribution in [0, 0.1) is 5.82 Å². The lowest BCUT2D eigenvalue weighted by Gasteiger charge is -2.32.